The summed E-state index contributed by atoms with van der Waals surface area (Å²) >= 11 is 0. The molecule has 1 heterocycles. The summed E-state index contributed by atoms with van der Waals surface area (Å²) in [5.41, 5.74) is 0.760. The molecule has 0 unspecified atom stereocenters. The lowest BCUT2D eigenvalue weighted by Crippen LogP contribution is -2.16. The number of ether oxygens (including phenoxy) is 1. The highest BCUT2D eigenvalue weighted by Crippen LogP contribution is 2.00. The van der Waals surface area contributed by atoms with Gasteiger partial charge in [-0.1, -0.05) is 5.16 Å². The van der Waals surface area contributed by atoms with Gasteiger partial charge >= 0.3 is 0 Å². The van der Waals surface area contributed by atoms with Gasteiger partial charge in [-0.15, -0.1) is 0 Å². The van der Waals surface area contributed by atoms with Crippen molar-refractivity contribution in [3.63, 3.8) is 0 Å². The fourth-order valence-corrected chi connectivity index (χ4v) is 0.719. The van der Waals surface area contributed by atoms with E-state index < -0.39 is 0 Å². The van der Waals surface area contributed by atoms with E-state index in [-0.39, 0.29) is 0 Å². The van der Waals surface area contributed by atoms with Crippen molar-refractivity contribution in [2.45, 2.75) is 12.8 Å². The van der Waals surface area contributed by atoms with Gasteiger partial charge in [0.15, 0.2) is 0 Å². The van der Waals surface area contributed by atoms with Crippen LogP contribution in [0.5, 0.6) is 0 Å². The quantitative estimate of drug-likeness (QED) is 0.371. The van der Waals surface area contributed by atoms with Crippen molar-refractivity contribution in [1.29, 1.82) is 0 Å². The first kappa shape index (κ1) is 5.56. The molecule has 0 amide bonds. The molecule has 0 aromatic rings. The van der Waals surface area contributed by atoms with Gasteiger partial charge < -0.3 is 9.94 Å². The highest BCUT2D eigenvalue weighted by atomic mass is 16.5. The number of rotatable bonds is 0. The van der Waals surface area contributed by atoms with Crippen LogP contribution in [0.25, 0.3) is 0 Å². The molecule has 1 rings (SSSR count). The van der Waals surface area contributed by atoms with Gasteiger partial charge in [0, 0.05) is 6.61 Å². The van der Waals surface area contributed by atoms with Crippen LogP contribution in [0, 0.1) is 0 Å². The van der Waals surface area contributed by atoms with Crippen LogP contribution in [0.2, 0.25) is 0 Å². The Morgan fingerprint density at radius 1 is 1.62 bits per heavy atom. The molecule has 1 N–H and O–H groups in total. The normalized spacial score (nSPS) is 26.2. The van der Waals surface area contributed by atoms with E-state index in [1.165, 1.54) is 0 Å². The maximum absolute atomic E-state index is 8.20. The molecule has 0 bridgehead atoms. The summed E-state index contributed by atoms with van der Waals surface area (Å²) in [5.74, 6) is 0. The van der Waals surface area contributed by atoms with E-state index in [0.717, 1.165) is 25.2 Å². The smallest absolute Gasteiger partial charge is 0.0881 e. The molecule has 3 heteroatoms. The average Bonchev–Trinajstić information content (AvgIpc) is 1.90. The van der Waals surface area contributed by atoms with Gasteiger partial charge in [-0.2, -0.15) is 0 Å². The SMILES string of the molecule is O/N=C1\CCCOC1. The Bertz CT molecular complexity index is 92.6. The molecule has 0 spiro atoms. The summed E-state index contributed by atoms with van der Waals surface area (Å²) in [4.78, 5) is 0. The molecule has 8 heavy (non-hydrogen) atoms. The van der Waals surface area contributed by atoms with Gasteiger partial charge in [0.25, 0.3) is 0 Å². The molecule has 0 atom stereocenters. The topological polar surface area (TPSA) is 41.8 Å². The van der Waals surface area contributed by atoms with Gasteiger partial charge in [0.05, 0.1) is 12.3 Å². The van der Waals surface area contributed by atoms with Crippen molar-refractivity contribution in [1.82, 2.24) is 0 Å². The fourth-order valence-electron chi connectivity index (χ4n) is 0.719. The van der Waals surface area contributed by atoms with E-state index in [4.69, 9.17) is 9.94 Å². The number of hydrogen-bond acceptors (Lipinski definition) is 3. The van der Waals surface area contributed by atoms with E-state index in [1.807, 2.05) is 0 Å². The van der Waals surface area contributed by atoms with Gasteiger partial charge in [0.1, 0.15) is 0 Å². The van der Waals surface area contributed by atoms with Crippen molar-refractivity contribution >= 4 is 5.71 Å². The third-order valence-electron chi connectivity index (χ3n) is 1.16. The zero-order valence-electron chi connectivity index (χ0n) is 4.63. The zero-order chi connectivity index (χ0) is 5.82. The third-order valence-corrected chi connectivity index (χ3v) is 1.16. The molecule has 46 valence electrons. The maximum atomic E-state index is 8.20. The first-order valence-electron chi connectivity index (χ1n) is 2.71. The van der Waals surface area contributed by atoms with Crippen molar-refractivity contribution in [3.05, 3.63) is 0 Å². The van der Waals surface area contributed by atoms with E-state index in [0.29, 0.717) is 6.61 Å². The molecule has 0 radical (unpaired) electrons. The van der Waals surface area contributed by atoms with Crippen molar-refractivity contribution in [3.8, 4) is 0 Å². The number of oxime groups is 1. The Hall–Kier alpha value is -0.570. The van der Waals surface area contributed by atoms with Gasteiger partial charge in [0.2, 0.25) is 0 Å². The Labute approximate surface area is 48.0 Å². The van der Waals surface area contributed by atoms with Gasteiger partial charge in [-0.25, -0.2) is 0 Å². The monoisotopic (exact) mass is 115 g/mol. The minimum Gasteiger partial charge on any atom is -0.411 e. The predicted octanol–water partition coefficient (Wildman–Crippen LogP) is 0.627. The molecule has 1 aliphatic rings. The minimum atomic E-state index is 0.510. The van der Waals surface area contributed by atoms with Crippen LogP contribution in [0.15, 0.2) is 5.16 Å². The third kappa shape index (κ3) is 1.20. The van der Waals surface area contributed by atoms with Crippen LogP contribution in [0.4, 0.5) is 0 Å². The molecule has 0 aromatic carbocycles. The van der Waals surface area contributed by atoms with Crippen molar-refractivity contribution in [2.75, 3.05) is 13.2 Å². The molecule has 1 fully saturated rings. The molecule has 0 aliphatic carbocycles. The van der Waals surface area contributed by atoms with E-state index in [9.17, 15) is 0 Å². The van der Waals surface area contributed by atoms with Gasteiger partial charge in [-0.3, -0.25) is 0 Å². The largest absolute Gasteiger partial charge is 0.411 e. The molecular weight excluding hydrogens is 106 g/mol. The molecular formula is C5H9NO2. The highest BCUT2D eigenvalue weighted by Gasteiger charge is 2.05. The van der Waals surface area contributed by atoms with Crippen LogP contribution in [0.3, 0.4) is 0 Å². The summed E-state index contributed by atoms with van der Waals surface area (Å²) in [6.07, 6.45) is 1.87. The first-order valence-corrected chi connectivity index (χ1v) is 2.71. The summed E-state index contributed by atoms with van der Waals surface area (Å²) in [6.45, 7) is 1.32. The average molecular weight is 115 g/mol. The Kier molecular flexibility index (Phi) is 1.86. The summed E-state index contributed by atoms with van der Waals surface area (Å²) < 4.78 is 4.98. The predicted molar refractivity (Wildman–Crippen MR) is 29.3 cm³/mol. The zero-order valence-corrected chi connectivity index (χ0v) is 4.63. The molecule has 1 saturated heterocycles. The number of nitrogens with zero attached hydrogens (tertiary/aromatic N) is 1. The second-order valence-corrected chi connectivity index (χ2v) is 1.82. The van der Waals surface area contributed by atoms with Crippen LogP contribution in [-0.4, -0.2) is 24.1 Å². The lowest BCUT2D eigenvalue weighted by atomic mass is 10.2. The van der Waals surface area contributed by atoms with Crippen LogP contribution < -0.4 is 0 Å². The van der Waals surface area contributed by atoms with Crippen molar-refractivity contribution in [2.24, 2.45) is 5.16 Å². The Morgan fingerprint density at radius 3 is 2.88 bits per heavy atom. The standard InChI is InChI=1S/C5H9NO2/c7-6-5-2-1-3-8-4-5/h7H,1-4H2/b6-5+. The summed E-state index contributed by atoms with van der Waals surface area (Å²) in [7, 11) is 0. The Balaban J connectivity index is 2.33. The lowest BCUT2D eigenvalue weighted by Gasteiger charge is -2.10. The fraction of sp³-hybridized carbons (Fsp3) is 0.800. The summed E-state index contributed by atoms with van der Waals surface area (Å²) in [6, 6.07) is 0. The minimum absolute atomic E-state index is 0.510. The second kappa shape index (κ2) is 2.67. The summed E-state index contributed by atoms with van der Waals surface area (Å²) in [5, 5.41) is 11.2. The van der Waals surface area contributed by atoms with Crippen LogP contribution >= 0.6 is 0 Å². The molecule has 1 aliphatic heterocycles. The molecule has 3 nitrogen and oxygen atoms in total. The molecule has 0 aromatic heterocycles. The lowest BCUT2D eigenvalue weighted by molar-refractivity contribution is 0.150. The van der Waals surface area contributed by atoms with Crippen LogP contribution in [-0.2, 0) is 4.74 Å². The number of hydrogen-bond donors (Lipinski definition) is 1. The highest BCUT2D eigenvalue weighted by molar-refractivity contribution is 5.85. The van der Waals surface area contributed by atoms with Crippen molar-refractivity contribution < 1.29 is 9.94 Å². The van der Waals surface area contributed by atoms with E-state index >= 15 is 0 Å². The van der Waals surface area contributed by atoms with E-state index in [2.05, 4.69) is 5.16 Å². The molecule has 0 saturated carbocycles. The first-order chi connectivity index (χ1) is 3.93. The van der Waals surface area contributed by atoms with E-state index in [1.54, 1.807) is 0 Å². The maximum Gasteiger partial charge on any atom is 0.0881 e. The van der Waals surface area contributed by atoms with Gasteiger partial charge in [-0.05, 0) is 12.8 Å². The second-order valence-electron chi connectivity index (χ2n) is 1.82. The van der Waals surface area contributed by atoms with Crippen LogP contribution in [0.1, 0.15) is 12.8 Å². The Morgan fingerprint density at radius 2 is 2.50 bits per heavy atom.